The van der Waals surface area contributed by atoms with Crippen molar-refractivity contribution in [3.05, 3.63) is 53.7 Å². The molecular weight excluding hydrogens is 254 g/mol. The lowest BCUT2D eigenvalue weighted by Gasteiger charge is -2.10. The molecule has 2 aromatic rings. The van der Waals surface area contributed by atoms with Crippen LogP contribution in [0, 0.1) is 0 Å². The molecule has 0 radical (unpaired) electrons. The summed E-state index contributed by atoms with van der Waals surface area (Å²) in [6.07, 6.45) is 4.19. The highest BCUT2D eigenvalue weighted by atomic mass is 32.2. The van der Waals surface area contributed by atoms with E-state index < -0.39 is 0 Å². The summed E-state index contributed by atoms with van der Waals surface area (Å²) in [5.74, 6) is 1.01. The minimum Gasteiger partial charge on any atom is -0.377 e. The molecule has 0 bridgehead atoms. The number of hydrogen-bond acceptors (Lipinski definition) is 3. The Morgan fingerprint density at radius 2 is 1.89 bits per heavy atom. The average molecular weight is 273 g/mol. The van der Waals surface area contributed by atoms with Crippen LogP contribution in [0.2, 0.25) is 0 Å². The molecule has 19 heavy (non-hydrogen) atoms. The number of methoxy groups -OCH3 is 1. The van der Waals surface area contributed by atoms with E-state index in [0.29, 0.717) is 0 Å². The minimum atomic E-state index is 0.131. The monoisotopic (exact) mass is 273 g/mol. The molecule has 0 aliphatic heterocycles. The zero-order chi connectivity index (χ0) is 13.7. The first-order valence-electron chi connectivity index (χ1n) is 6.31. The van der Waals surface area contributed by atoms with Crippen molar-refractivity contribution in [2.45, 2.75) is 18.8 Å². The lowest BCUT2D eigenvalue weighted by molar-refractivity contribution is 0.119. The van der Waals surface area contributed by atoms with Gasteiger partial charge in [0.15, 0.2) is 0 Å². The van der Waals surface area contributed by atoms with Gasteiger partial charge in [0.25, 0.3) is 0 Å². The molecule has 1 unspecified atom stereocenters. The number of ether oxygens (including phenoxy) is 1. The molecule has 0 N–H and O–H groups in total. The molecule has 3 heteroatoms. The number of pyridine rings is 1. The van der Waals surface area contributed by atoms with Gasteiger partial charge in [0.1, 0.15) is 0 Å². The number of rotatable bonds is 5. The van der Waals surface area contributed by atoms with Gasteiger partial charge >= 0.3 is 0 Å². The van der Waals surface area contributed by atoms with Crippen LogP contribution in [0.1, 0.15) is 24.2 Å². The summed E-state index contributed by atoms with van der Waals surface area (Å²) in [5.41, 5.74) is 4.61. The second-order valence-corrected chi connectivity index (χ2v) is 5.35. The Labute approximate surface area is 119 Å². The van der Waals surface area contributed by atoms with Crippen LogP contribution in [0.4, 0.5) is 0 Å². The standard InChI is InChI=1S/C16H19NOS/c1-12(18-2)14-5-7-15(8-6-14)16-9-4-13(10-17-16)11-19-3/h4-10,12H,11H2,1-3H3. The summed E-state index contributed by atoms with van der Waals surface area (Å²) >= 11 is 1.81. The van der Waals surface area contributed by atoms with E-state index in [4.69, 9.17) is 4.74 Å². The predicted molar refractivity (Wildman–Crippen MR) is 82.3 cm³/mol. The molecule has 2 nitrogen and oxygen atoms in total. The quantitative estimate of drug-likeness (QED) is 0.810. The molecule has 0 aliphatic carbocycles. The summed E-state index contributed by atoms with van der Waals surface area (Å²) in [6.45, 7) is 2.05. The van der Waals surface area contributed by atoms with Gasteiger partial charge in [0.2, 0.25) is 0 Å². The van der Waals surface area contributed by atoms with Gasteiger partial charge in [-0.3, -0.25) is 4.98 Å². The van der Waals surface area contributed by atoms with Crippen molar-refractivity contribution in [1.82, 2.24) is 4.98 Å². The van der Waals surface area contributed by atoms with E-state index in [1.165, 1.54) is 11.1 Å². The largest absolute Gasteiger partial charge is 0.377 e. The summed E-state index contributed by atoms with van der Waals surface area (Å²) in [6, 6.07) is 12.6. The van der Waals surface area contributed by atoms with E-state index in [1.807, 2.05) is 24.9 Å². The zero-order valence-electron chi connectivity index (χ0n) is 11.6. The van der Waals surface area contributed by atoms with Crippen molar-refractivity contribution in [3.63, 3.8) is 0 Å². The van der Waals surface area contributed by atoms with Crippen LogP contribution in [0.3, 0.4) is 0 Å². The van der Waals surface area contributed by atoms with Crippen LogP contribution in [-0.2, 0) is 10.5 Å². The highest BCUT2D eigenvalue weighted by Gasteiger charge is 2.04. The highest BCUT2D eigenvalue weighted by Crippen LogP contribution is 2.22. The Bertz CT molecular complexity index is 507. The molecule has 0 saturated heterocycles. The van der Waals surface area contributed by atoms with Crippen LogP contribution in [0.15, 0.2) is 42.6 Å². The van der Waals surface area contributed by atoms with Gasteiger partial charge in [-0.1, -0.05) is 30.3 Å². The number of hydrogen-bond donors (Lipinski definition) is 0. The molecule has 0 spiro atoms. The van der Waals surface area contributed by atoms with Crippen LogP contribution in [0.5, 0.6) is 0 Å². The first kappa shape index (κ1) is 14.1. The third-order valence-corrected chi connectivity index (χ3v) is 3.79. The van der Waals surface area contributed by atoms with E-state index in [9.17, 15) is 0 Å². The fraction of sp³-hybridized carbons (Fsp3) is 0.312. The third-order valence-electron chi connectivity index (χ3n) is 3.17. The minimum absolute atomic E-state index is 0.131. The van der Waals surface area contributed by atoms with E-state index in [0.717, 1.165) is 17.0 Å². The predicted octanol–water partition coefficient (Wildman–Crippen LogP) is 4.32. The van der Waals surface area contributed by atoms with Gasteiger partial charge in [0, 0.05) is 24.6 Å². The Balaban J connectivity index is 2.17. The summed E-state index contributed by atoms with van der Waals surface area (Å²) in [4.78, 5) is 4.52. The Morgan fingerprint density at radius 1 is 1.16 bits per heavy atom. The molecule has 100 valence electrons. The van der Waals surface area contributed by atoms with Gasteiger partial charge < -0.3 is 4.74 Å². The average Bonchev–Trinajstić information content (AvgIpc) is 2.48. The van der Waals surface area contributed by atoms with Crippen molar-refractivity contribution < 1.29 is 4.74 Å². The first-order chi connectivity index (χ1) is 9.24. The molecular formula is C16H19NOS. The van der Waals surface area contributed by atoms with Crippen LogP contribution in [-0.4, -0.2) is 18.3 Å². The van der Waals surface area contributed by atoms with Gasteiger partial charge in [-0.2, -0.15) is 11.8 Å². The summed E-state index contributed by atoms with van der Waals surface area (Å²) < 4.78 is 5.31. The molecule has 0 fully saturated rings. The van der Waals surface area contributed by atoms with Gasteiger partial charge in [-0.15, -0.1) is 0 Å². The Hall–Kier alpha value is -1.32. The normalized spacial score (nSPS) is 12.4. The van der Waals surface area contributed by atoms with Crippen LogP contribution >= 0.6 is 11.8 Å². The molecule has 0 amide bonds. The van der Waals surface area contributed by atoms with Gasteiger partial charge in [-0.25, -0.2) is 0 Å². The molecule has 1 heterocycles. The zero-order valence-corrected chi connectivity index (χ0v) is 12.4. The molecule has 0 aliphatic rings. The maximum atomic E-state index is 5.31. The number of aromatic nitrogens is 1. The SMILES string of the molecule is COC(C)c1ccc(-c2ccc(CSC)cn2)cc1. The van der Waals surface area contributed by atoms with Crippen molar-refractivity contribution in [2.24, 2.45) is 0 Å². The Morgan fingerprint density at radius 3 is 2.42 bits per heavy atom. The summed E-state index contributed by atoms with van der Waals surface area (Å²) in [7, 11) is 1.73. The first-order valence-corrected chi connectivity index (χ1v) is 7.71. The van der Waals surface area contributed by atoms with Crippen molar-refractivity contribution in [1.29, 1.82) is 0 Å². The second-order valence-electron chi connectivity index (χ2n) is 4.48. The molecule has 2 rings (SSSR count). The number of benzene rings is 1. The highest BCUT2D eigenvalue weighted by molar-refractivity contribution is 7.97. The smallest absolute Gasteiger partial charge is 0.0793 e. The number of thioether (sulfide) groups is 1. The van der Waals surface area contributed by atoms with Crippen LogP contribution in [0.25, 0.3) is 11.3 Å². The van der Waals surface area contributed by atoms with Gasteiger partial charge in [0.05, 0.1) is 11.8 Å². The summed E-state index contributed by atoms with van der Waals surface area (Å²) in [5, 5.41) is 0. The molecule has 1 atom stereocenters. The van der Waals surface area contributed by atoms with Gasteiger partial charge in [-0.05, 0) is 30.4 Å². The van der Waals surface area contributed by atoms with Crippen molar-refractivity contribution >= 4 is 11.8 Å². The number of nitrogens with zero attached hydrogens (tertiary/aromatic N) is 1. The molecule has 1 aromatic heterocycles. The fourth-order valence-corrected chi connectivity index (χ4v) is 2.41. The van der Waals surface area contributed by atoms with Crippen molar-refractivity contribution in [3.8, 4) is 11.3 Å². The Kier molecular flexibility index (Phi) is 5.00. The fourth-order valence-electron chi connectivity index (χ4n) is 1.91. The van der Waals surface area contributed by atoms with Crippen LogP contribution < -0.4 is 0 Å². The van der Waals surface area contributed by atoms with E-state index in [-0.39, 0.29) is 6.10 Å². The molecule has 0 saturated carbocycles. The van der Waals surface area contributed by atoms with E-state index >= 15 is 0 Å². The lowest BCUT2D eigenvalue weighted by atomic mass is 10.1. The lowest BCUT2D eigenvalue weighted by Crippen LogP contribution is -1.95. The third kappa shape index (κ3) is 3.58. The maximum Gasteiger partial charge on any atom is 0.0793 e. The topological polar surface area (TPSA) is 22.1 Å². The maximum absolute atomic E-state index is 5.31. The van der Waals surface area contributed by atoms with Crippen molar-refractivity contribution in [2.75, 3.05) is 13.4 Å². The van der Waals surface area contributed by atoms with E-state index in [2.05, 4.69) is 47.6 Å². The van der Waals surface area contributed by atoms with E-state index in [1.54, 1.807) is 7.11 Å². The molecule has 1 aromatic carbocycles. The second kappa shape index (κ2) is 6.73.